The number of amides is 1. The lowest BCUT2D eigenvalue weighted by Gasteiger charge is -2.49. The number of aromatic nitrogens is 1. The fourth-order valence-electron chi connectivity index (χ4n) is 4.19. The summed E-state index contributed by atoms with van der Waals surface area (Å²) in [5.74, 6) is -3.09. The Kier molecular flexibility index (Phi) is 5.79. The number of ether oxygens (including phenoxy) is 1. The Hall–Kier alpha value is -1.31. The third-order valence-electron chi connectivity index (χ3n) is 5.20. The van der Waals surface area contributed by atoms with Gasteiger partial charge in [0.05, 0.1) is 18.6 Å². The van der Waals surface area contributed by atoms with Crippen molar-refractivity contribution in [1.29, 1.82) is 0 Å². The van der Waals surface area contributed by atoms with Crippen molar-refractivity contribution in [3.63, 3.8) is 0 Å². The maximum Gasteiger partial charge on any atom is 0.261 e. The van der Waals surface area contributed by atoms with Crippen molar-refractivity contribution < 1.29 is 18.3 Å². The maximum atomic E-state index is 14.6. The number of methoxy groups -OCH3 is 1. The molecule has 1 spiro atoms. The highest BCUT2D eigenvalue weighted by atomic mass is 35.5. The van der Waals surface area contributed by atoms with E-state index < -0.39 is 11.3 Å². The van der Waals surface area contributed by atoms with E-state index in [9.17, 15) is 13.6 Å². The van der Waals surface area contributed by atoms with Crippen LogP contribution >= 0.6 is 11.6 Å². The van der Waals surface area contributed by atoms with Crippen molar-refractivity contribution in [3.8, 4) is 0 Å². The Labute approximate surface area is 157 Å². The summed E-state index contributed by atoms with van der Waals surface area (Å²) in [6.07, 6.45) is 2.39. The summed E-state index contributed by atoms with van der Waals surface area (Å²) < 4.78 is 34.2. The zero-order chi connectivity index (χ0) is 18.8. The van der Waals surface area contributed by atoms with E-state index in [1.165, 1.54) is 0 Å². The number of likely N-dealkylation sites (tertiary alicyclic amines) is 2. The van der Waals surface area contributed by atoms with Crippen LogP contribution < -0.4 is 0 Å². The Morgan fingerprint density at radius 2 is 2.19 bits per heavy atom. The molecule has 0 aliphatic carbocycles. The fraction of sp³-hybridized carbons (Fsp3) is 0.667. The number of halogens is 3. The van der Waals surface area contributed by atoms with Gasteiger partial charge in [-0.25, -0.2) is 13.8 Å². The van der Waals surface area contributed by atoms with Gasteiger partial charge in [-0.1, -0.05) is 17.7 Å². The zero-order valence-corrected chi connectivity index (χ0v) is 15.6. The second-order valence-electron chi connectivity index (χ2n) is 7.30. The molecule has 2 fully saturated rings. The molecule has 0 aromatic carbocycles. The lowest BCUT2D eigenvalue weighted by molar-refractivity contribution is -0.170. The number of pyridine rings is 1. The first kappa shape index (κ1) is 19.5. The minimum Gasteiger partial charge on any atom is -0.383 e. The van der Waals surface area contributed by atoms with E-state index in [2.05, 4.69) is 4.98 Å². The van der Waals surface area contributed by atoms with Crippen LogP contribution in [0.1, 0.15) is 24.8 Å². The van der Waals surface area contributed by atoms with E-state index in [-0.39, 0.29) is 25.4 Å². The average molecular weight is 388 g/mol. The molecule has 2 saturated heterocycles. The third kappa shape index (κ3) is 4.15. The highest BCUT2D eigenvalue weighted by Gasteiger charge is 2.55. The minimum absolute atomic E-state index is 0.178. The average Bonchev–Trinajstić information content (AvgIpc) is 2.57. The van der Waals surface area contributed by atoms with Gasteiger partial charge in [0, 0.05) is 51.5 Å². The van der Waals surface area contributed by atoms with Crippen molar-refractivity contribution >= 4 is 17.5 Å². The van der Waals surface area contributed by atoms with E-state index >= 15 is 0 Å². The number of carbonyl (C=O) groups is 1. The molecule has 26 heavy (non-hydrogen) atoms. The van der Waals surface area contributed by atoms with Gasteiger partial charge < -0.3 is 9.64 Å². The molecule has 8 heteroatoms. The fourth-order valence-corrected chi connectivity index (χ4v) is 4.36. The van der Waals surface area contributed by atoms with Crippen molar-refractivity contribution in [1.82, 2.24) is 14.8 Å². The summed E-state index contributed by atoms with van der Waals surface area (Å²) in [5, 5.41) is 0.312. The second-order valence-corrected chi connectivity index (χ2v) is 7.66. The number of hydrogen-bond acceptors (Lipinski definition) is 4. The number of hydrogen-bond donors (Lipinski definition) is 0. The van der Waals surface area contributed by atoms with Crippen molar-refractivity contribution in [2.45, 2.75) is 31.7 Å². The van der Waals surface area contributed by atoms with Gasteiger partial charge in [0.2, 0.25) is 5.91 Å². The van der Waals surface area contributed by atoms with Crippen LogP contribution in [0.25, 0.3) is 0 Å². The molecule has 144 valence electrons. The third-order valence-corrected chi connectivity index (χ3v) is 5.54. The van der Waals surface area contributed by atoms with Gasteiger partial charge in [-0.15, -0.1) is 0 Å². The Balaban J connectivity index is 1.80. The van der Waals surface area contributed by atoms with Gasteiger partial charge in [0.1, 0.15) is 5.15 Å². The summed E-state index contributed by atoms with van der Waals surface area (Å²) in [6, 6.07) is 3.51. The molecule has 1 amide bonds. The Bertz CT molecular complexity index is 661. The van der Waals surface area contributed by atoms with Crippen LogP contribution in [0, 0.1) is 5.41 Å². The molecule has 0 saturated carbocycles. The molecule has 1 aromatic heterocycles. The number of rotatable bonds is 5. The highest BCUT2D eigenvalue weighted by Crippen LogP contribution is 2.45. The normalized spacial score (nSPS) is 26.5. The van der Waals surface area contributed by atoms with Gasteiger partial charge in [-0.2, -0.15) is 0 Å². The summed E-state index contributed by atoms with van der Waals surface area (Å²) in [4.78, 5) is 20.4. The molecule has 3 heterocycles. The molecular formula is C18H24ClF2N3O2. The van der Waals surface area contributed by atoms with E-state index in [1.807, 2.05) is 0 Å². The molecular weight excluding hydrogens is 364 g/mol. The van der Waals surface area contributed by atoms with Crippen LogP contribution in [0.5, 0.6) is 0 Å². The van der Waals surface area contributed by atoms with Crippen LogP contribution in [0.2, 0.25) is 5.15 Å². The topological polar surface area (TPSA) is 45.7 Å². The Morgan fingerprint density at radius 3 is 2.92 bits per heavy atom. The van der Waals surface area contributed by atoms with Gasteiger partial charge in [-0.3, -0.25) is 9.69 Å². The van der Waals surface area contributed by atoms with Gasteiger partial charge >= 0.3 is 0 Å². The van der Waals surface area contributed by atoms with Crippen LogP contribution in [0.15, 0.2) is 18.3 Å². The molecule has 2 aliphatic heterocycles. The number of alkyl halides is 2. The lowest BCUT2D eigenvalue weighted by Crippen LogP contribution is -2.61. The molecule has 0 N–H and O–H groups in total. The van der Waals surface area contributed by atoms with E-state index in [1.54, 1.807) is 35.2 Å². The smallest absolute Gasteiger partial charge is 0.261 e. The number of nitrogens with zero attached hydrogens (tertiary/aromatic N) is 3. The van der Waals surface area contributed by atoms with Gasteiger partial charge in [0.25, 0.3) is 5.92 Å². The van der Waals surface area contributed by atoms with E-state index in [4.69, 9.17) is 16.3 Å². The molecule has 1 aromatic rings. The number of piperidine rings is 2. The standard InChI is InChI=1S/C18H24ClF2N3O2/c1-26-9-8-24-7-3-5-17(16(24)25)11-18(20,21)13-23(12-17)10-14-4-2-6-22-15(14)19/h2,4,6H,3,5,7-13H2,1H3/t17-/m0/s1. The van der Waals surface area contributed by atoms with Gasteiger partial charge in [-0.05, 0) is 18.9 Å². The van der Waals surface area contributed by atoms with Gasteiger partial charge in [0.15, 0.2) is 0 Å². The minimum atomic E-state index is -2.91. The first-order valence-electron chi connectivity index (χ1n) is 8.83. The monoisotopic (exact) mass is 387 g/mol. The lowest BCUT2D eigenvalue weighted by atomic mass is 9.71. The predicted molar refractivity (Wildman–Crippen MR) is 94.2 cm³/mol. The van der Waals surface area contributed by atoms with Crippen molar-refractivity contribution in [3.05, 3.63) is 29.0 Å². The van der Waals surface area contributed by atoms with Crippen molar-refractivity contribution in [2.75, 3.05) is 39.9 Å². The van der Waals surface area contributed by atoms with Crippen molar-refractivity contribution in [2.24, 2.45) is 5.41 Å². The second kappa shape index (κ2) is 7.74. The van der Waals surface area contributed by atoms with Crippen LogP contribution in [-0.4, -0.2) is 66.5 Å². The SMILES string of the molecule is COCCN1CCC[C@]2(CN(Cc3cccnc3Cl)CC(F)(F)C2)C1=O. The Morgan fingerprint density at radius 1 is 1.38 bits per heavy atom. The predicted octanol–water partition coefficient (Wildman–Crippen LogP) is 2.83. The molecule has 1 atom stereocenters. The van der Waals surface area contributed by atoms with E-state index in [0.29, 0.717) is 43.4 Å². The first-order valence-corrected chi connectivity index (χ1v) is 9.21. The molecule has 3 rings (SSSR count). The van der Waals surface area contributed by atoms with E-state index in [0.717, 1.165) is 6.42 Å². The first-order chi connectivity index (χ1) is 12.4. The summed E-state index contributed by atoms with van der Waals surface area (Å²) in [5.41, 5.74) is -0.343. The number of carbonyl (C=O) groups excluding carboxylic acids is 1. The summed E-state index contributed by atoms with van der Waals surface area (Å²) in [7, 11) is 1.57. The summed E-state index contributed by atoms with van der Waals surface area (Å²) in [6.45, 7) is 1.66. The molecule has 5 nitrogen and oxygen atoms in total. The van der Waals surface area contributed by atoms with Crippen LogP contribution in [0.3, 0.4) is 0 Å². The maximum absolute atomic E-state index is 14.6. The molecule has 0 bridgehead atoms. The largest absolute Gasteiger partial charge is 0.383 e. The zero-order valence-electron chi connectivity index (χ0n) is 14.9. The van der Waals surface area contributed by atoms with Crippen LogP contribution in [0.4, 0.5) is 8.78 Å². The quantitative estimate of drug-likeness (QED) is 0.729. The molecule has 2 aliphatic rings. The highest BCUT2D eigenvalue weighted by molar-refractivity contribution is 6.30. The molecule has 0 unspecified atom stereocenters. The van der Waals surface area contributed by atoms with Crippen LogP contribution in [-0.2, 0) is 16.1 Å². The molecule has 0 radical (unpaired) electrons. The summed E-state index contributed by atoms with van der Waals surface area (Å²) >= 11 is 6.09.